The minimum absolute atomic E-state index is 0.341. The van der Waals surface area contributed by atoms with Crippen molar-refractivity contribution in [1.82, 2.24) is 19.5 Å². The maximum Gasteiger partial charge on any atom is 0.351 e. The average molecular weight is 345 g/mol. The lowest BCUT2D eigenvalue weighted by molar-refractivity contribution is -0.130. The zero-order chi connectivity index (χ0) is 16.6. The number of hydrogen-bond donors (Lipinski definition) is 3. The van der Waals surface area contributed by atoms with E-state index >= 15 is 0 Å². The predicted octanol–water partition coefficient (Wildman–Crippen LogP) is 0.728. The van der Waals surface area contributed by atoms with Crippen molar-refractivity contribution >= 4 is 24.6 Å². The second kappa shape index (κ2) is 5.95. The molecule has 2 atom stereocenters. The molecule has 0 saturated carbocycles. The largest absolute Gasteiger partial charge is 0.371 e. The summed E-state index contributed by atoms with van der Waals surface area (Å²) in [5.41, 5.74) is 0.777. The Balaban J connectivity index is 1.84. The molecular weight excluding hydrogens is 332 g/mol. The highest BCUT2D eigenvalue weighted by molar-refractivity contribution is 7.51. The van der Waals surface area contributed by atoms with Gasteiger partial charge in [-0.25, -0.2) is 19.3 Å². The van der Waals surface area contributed by atoms with Gasteiger partial charge in [0.25, 0.3) is 0 Å². The fraction of sp³-hybridized carbons (Fsp3) is 0.364. The summed E-state index contributed by atoms with van der Waals surface area (Å²) in [6.45, 7) is 0. The summed E-state index contributed by atoms with van der Waals surface area (Å²) in [7, 11) is -2.70. The van der Waals surface area contributed by atoms with Crippen LogP contribution in [0.3, 0.4) is 0 Å². The van der Waals surface area contributed by atoms with Crippen LogP contribution in [-0.2, 0) is 14.0 Å². The highest BCUT2D eigenvalue weighted by Crippen LogP contribution is 2.38. The summed E-state index contributed by atoms with van der Waals surface area (Å²) in [6, 6.07) is 0. The van der Waals surface area contributed by atoms with Crippen molar-refractivity contribution in [1.29, 1.82) is 0 Å². The van der Waals surface area contributed by atoms with Gasteiger partial charge in [-0.3, -0.25) is 9.13 Å². The maximum absolute atomic E-state index is 14.1. The second-order valence-electron chi connectivity index (χ2n) is 4.67. The molecule has 23 heavy (non-hydrogen) atoms. The molecule has 1 aliphatic rings. The fourth-order valence-corrected chi connectivity index (χ4v) is 2.45. The Labute approximate surface area is 129 Å². The standard InChI is InChI=1S/C11H13FN5O5P/c1-13-9-8-10(15-3-14-9)17(4-16-8)11-6(12)2-7(22-11)21-5-23(18,19)20/h2-4,7,11H,5H2,1H3,(H,13,14,15)(H2,18,19,20)/t7-,11+/m0/s1. The Kier molecular flexibility index (Phi) is 4.13. The summed E-state index contributed by atoms with van der Waals surface area (Å²) >= 11 is 0. The molecule has 0 amide bonds. The zero-order valence-electron chi connectivity index (χ0n) is 11.8. The number of ether oxygens (including phenoxy) is 2. The van der Waals surface area contributed by atoms with E-state index in [-0.39, 0.29) is 0 Å². The monoisotopic (exact) mass is 345 g/mol. The van der Waals surface area contributed by atoms with E-state index in [0.29, 0.717) is 17.0 Å². The summed E-state index contributed by atoms with van der Waals surface area (Å²) in [6.07, 6.45) is 0.364. The van der Waals surface area contributed by atoms with Crippen LogP contribution in [0.15, 0.2) is 24.6 Å². The lowest BCUT2D eigenvalue weighted by Gasteiger charge is -2.16. The van der Waals surface area contributed by atoms with Crippen molar-refractivity contribution in [2.45, 2.75) is 12.5 Å². The van der Waals surface area contributed by atoms with Crippen molar-refractivity contribution in [2.24, 2.45) is 0 Å². The minimum atomic E-state index is -4.37. The number of nitrogens with one attached hydrogen (secondary N) is 1. The highest BCUT2D eigenvalue weighted by Gasteiger charge is 2.32. The van der Waals surface area contributed by atoms with Crippen LogP contribution < -0.4 is 5.32 Å². The lowest BCUT2D eigenvalue weighted by atomic mass is 10.4. The van der Waals surface area contributed by atoms with Crippen molar-refractivity contribution < 1.29 is 28.2 Å². The summed E-state index contributed by atoms with van der Waals surface area (Å²) in [5.74, 6) is -0.199. The van der Waals surface area contributed by atoms with Crippen molar-refractivity contribution in [3.8, 4) is 0 Å². The third-order valence-electron chi connectivity index (χ3n) is 3.05. The molecule has 0 bridgehead atoms. The van der Waals surface area contributed by atoms with Gasteiger partial charge in [0.1, 0.15) is 6.33 Å². The SMILES string of the molecule is CNc1ncnc2c1ncn2[C@@H]1O[C@H](OCP(=O)(O)O)C=C1F. The molecule has 2 aromatic rings. The van der Waals surface area contributed by atoms with Gasteiger partial charge in [0.05, 0.1) is 6.33 Å². The average Bonchev–Trinajstić information content (AvgIpc) is 3.07. The number of rotatable bonds is 5. The molecule has 0 fully saturated rings. The van der Waals surface area contributed by atoms with Crippen molar-refractivity contribution in [3.63, 3.8) is 0 Å². The van der Waals surface area contributed by atoms with Gasteiger partial charge >= 0.3 is 7.60 Å². The van der Waals surface area contributed by atoms with E-state index in [4.69, 9.17) is 19.3 Å². The minimum Gasteiger partial charge on any atom is -0.371 e. The fourth-order valence-electron chi connectivity index (χ4n) is 2.11. The molecule has 0 unspecified atom stereocenters. The van der Waals surface area contributed by atoms with Gasteiger partial charge in [-0.2, -0.15) is 0 Å². The number of fused-ring (bicyclic) bond motifs is 1. The van der Waals surface area contributed by atoms with E-state index in [0.717, 1.165) is 6.08 Å². The quantitative estimate of drug-likeness (QED) is 0.671. The van der Waals surface area contributed by atoms with Crippen LogP contribution in [0.1, 0.15) is 6.23 Å². The molecule has 3 N–H and O–H groups in total. The Bertz CT molecular complexity index is 805. The number of halogens is 1. The van der Waals surface area contributed by atoms with Gasteiger partial charge in [-0.15, -0.1) is 0 Å². The molecule has 3 heterocycles. The second-order valence-corrected chi connectivity index (χ2v) is 6.25. The van der Waals surface area contributed by atoms with Gasteiger partial charge in [0.15, 0.2) is 41.7 Å². The maximum atomic E-state index is 14.1. The van der Waals surface area contributed by atoms with E-state index in [1.54, 1.807) is 7.05 Å². The zero-order valence-corrected chi connectivity index (χ0v) is 12.7. The predicted molar refractivity (Wildman–Crippen MR) is 76.0 cm³/mol. The number of hydrogen-bond acceptors (Lipinski definition) is 7. The molecule has 0 aliphatic carbocycles. The van der Waals surface area contributed by atoms with Gasteiger partial charge in [0, 0.05) is 13.1 Å². The molecule has 124 valence electrons. The van der Waals surface area contributed by atoms with Crippen LogP contribution in [0.5, 0.6) is 0 Å². The van der Waals surface area contributed by atoms with E-state index in [2.05, 4.69) is 20.3 Å². The number of imidazole rings is 1. The molecule has 2 aromatic heterocycles. The first-order valence-electron chi connectivity index (χ1n) is 6.43. The topological polar surface area (TPSA) is 132 Å². The summed E-state index contributed by atoms with van der Waals surface area (Å²) in [4.78, 5) is 29.7. The molecule has 0 saturated heterocycles. The third-order valence-corrected chi connectivity index (χ3v) is 3.53. The van der Waals surface area contributed by atoms with Crippen LogP contribution in [-0.4, -0.2) is 49.0 Å². The first-order valence-corrected chi connectivity index (χ1v) is 8.23. The molecule has 3 rings (SSSR count). The van der Waals surface area contributed by atoms with E-state index in [1.165, 1.54) is 17.2 Å². The summed E-state index contributed by atoms with van der Waals surface area (Å²) < 4.78 is 36.4. The molecular formula is C11H13FN5O5P. The Morgan fingerprint density at radius 1 is 1.48 bits per heavy atom. The van der Waals surface area contributed by atoms with Gasteiger partial charge in [-0.05, 0) is 0 Å². The molecule has 0 aromatic carbocycles. The summed E-state index contributed by atoms with van der Waals surface area (Å²) in [5, 5.41) is 2.84. The third kappa shape index (κ3) is 3.23. The molecule has 0 spiro atoms. The first-order chi connectivity index (χ1) is 10.9. The van der Waals surface area contributed by atoms with Gasteiger partial charge < -0.3 is 24.6 Å². The van der Waals surface area contributed by atoms with E-state index < -0.39 is 32.3 Å². The van der Waals surface area contributed by atoms with Crippen LogP contribution in [0.4, 0.5) is 10.2 Å². The number of aromatic nitrogens is 4. The van der Waals surface area contributed by atoms with Gasteiger partial charge in [-0.1, -0.05) is 0 Å². The first kappa shape index (κ1) is 16.0. The van der Waals surface area contributed by atoms with Crippen LogP contribution >= 0.6 is 7.60 Å². The molecule has 1 aliphatic heterocycles. The van der Waals surface area contributed by atoms with Crippen molar-refractivity contribution in [3.05, 3.63) is 24.6 Å². The highest BCUT2D eigenvalue weighted by atomic mass is 31.2. The van der Waals surface area contributed by atoms with E-state index in [1.807, 2.05) is 0 Å². The number of nitrogens with zero attached hydrogens (tertiary/aromatic N) is 4. The normalized spacial score (nSPS) is 21.7. The molecule has 0 radical (unpaired) electrons. The number of anilines is 1. The van der Waals surface area contributed by atoms with Crippen LogP contribution in [0.2, 0.25) is 0 Å². The van der Waals surface area contributed by atoms with Crippen LogP contribution in [0, 0.1) is 0 Å². The van der Waals surface area contributed by atoms with Gasteiger partial charge in [0.2, 0.25) is 0 Å². The Morgan fingerprint density at radius 2 is 2.26 bits per heavy atom. The Hall–Kier alpha value is -1.91. The van der Waals surface area contributed by atoms with Crippen LogP contribution in [0.25, 0.3) is 11.2 Å². The molecule has 10 nitrogen and oxygen atoms in total. The molecule has 12 heteroatoms. The van der Waals surface area contributed by atoms with Crippen molar-refractivity contribution in [2.75, 3.05) is 18.7 Å². The smallest absolute Gasteiger partial charge is 0.351 e. The van der Waals surface area contributed by atoms with E-state index in [9.17, 15) is 8.96 Å². The lowest BCUT2D eigenvalue weighted by Crippen LogP contribution is -2.16. The Morgan fingerprint density at radius 3 is 2.96 bits per heavy atom.